The number of benzene rings is 3. The van der Waals surface area contributed by atoms with Gasteiger partial charge in [-0.15, -0.1) is 0 Å². The predicted molar refractivity (Wildman–Crippen MR) is 92.5 cm³/mol. The van der Waals surface area contributed by atoms with Crippen molar-refractivity contribution in [3.63, 3.8) is 0 Å². The molecule has 0 aliphatic heterocycles. The molecule has 0 fully saturated rings. The van der Waals surface area contributed by atoms with Gasteiger partial charge >= 0.3 is 7.69 Å². The van der Waals surface area contributed by atoms with Gasteiger partial charge < -0.3 is 14.1 Å². The molecule has 5 heteroatoms. The van der Waals surface area contributed by atoms with Gasteiger partial charge in [-0.25, -0.2) is 0 Å². The average molecular weight is 312 g/mol. The van der Waals surface area contributed by atoms with E-state index in [4.69, 9.17) is 19.4 Å². The number of rotatable bonds is 3. The van der Waals surface area contributed by atoms with Crippen LogP contribution in [0.2, 0.25) is 0 Å². The lowest BCUT2D eigenvalue weighted by molar-refractivity contribution is 0.453. The van der Waals surface area contributed by atoms with Crippen molar-refractivity contribution in [3.8, 4) is 22.9 Å². The third kappa shape index (κ3) is 2.30. The van der Waals surface area contributed by atoms with Crippen LogP contribution in [0.15, 0.2) is 65.1 Å². The number of nitrogens with zero attached hydrogens (tertiary/aromatic N) is 1. The molecule has 24 heavy (non-hydrogen) atoms. The van der Waals surface area contributed by atoms with Crippen molar-refractivity contribution < 1.29 is 14.1 Å². The maximum atomic E-state index is 9.11. The normalized spacial score (nSPS) is 10.7. The molecule has 3 aromatic carbocycles. The van der Waals surface area contributed by atoms with Crippen molar-refractivity contribution in [2.24, 2.45) is 0 Å². The molecule has 0 bridgehead atoms. The molecule has 0 aliphatic carbocycles. The van der Waals surface area contributed by atoms with Crippen molar-refractivity contribution in [2.45, 2.75) is 0 Å². The van der Waals surface area contributed by atoms with E-state index in [-0.39, 0.29) is 0 Å². The van der Waals surface area contributed by atoms with E-state index in [1.54, 1.807) is 18.2 Å². The Hall–Kier alpha value is -3.23. The molecule has 4 rings (SSSR count). The zero-order chi connectivity index (χ0) is 16.5. The summed E-state index contributed by atoms with van der Waals surface area (Å²) < 4.78 is 11.0. The number of furan rings is 1. The van der Waals surface area contributed by atoms with Crippen molar-refractivity contribution in [1.82, 2.24) is 0 Å². The zero-order valence-electron chi connectivity index (χ0n) is 12.6. The third-order valence-electron chi connectivity index (χ3n) is 3.96. The molecule has 4 nitrogen and oxygen atoms in total. The molecular weight excluding hydrogens is 301 g/mol. The summed E-state index contributed by atoms with van der Waals surface area (Å²) in [5.41, 5.74) is 3.89. The summed E-state index contributed by atoms with van der Waals surface area (Å²) in [6.07, 6.45) is 0. The van der Waals surface area contributed by atoms with Crippen LogP contribution in [0.3, 0.4) is 0 Å². The smallest absolute Gasteiger partial charge is 0.537 e. The van der Waals surface area contributed by atoms with Crippen LogP contribution >= 0.6 is 0 Å². The third-order valence-corrected chi connectivity index (χ3v) is 3.96. The lowest BCUT2D eigenvalue weighted by atomic mass is 10.0. The van der Waals surface area contributed by atoms with Gasteiger partial charge in [-0.05, 0) is 29.8 Å². The monoisotopic (exact) mass is 312 g/mol. The molecule has 1 radical (unpaired) electrons. The summed E-state index contributed by atoms with van der Waals surface area (Å²) in [7, 11) is 0.642. The SMILES string of the molecule is N#Cc1cccc(-c2cccc3c2oc2cc(O[B]O)ccc23)c1. The fourth-order valence-electron chi connectivity index (χ4n) is 2.90. The van der Waals surface area contributed by atoms with Crippen LogP contribution < -0.4 is 4.65 Å². The van der Waals surface area contributed by atoms with Gasteiger partial charge in [0.2, 0.25) is 0 Å². The molecule has 0 atom stereocenters. The Kier molecular flexibility index (Phi) is 3.45. The summed E-state index contributed by atoms with van der Waals surface area (Å²) >= 11 is 0. The summed E-state index contributed by atoms with van der Waals surface area (Å²) in [6, 6.07) is 20.9. The van der Waals surface area contributed by atoms with Gasteiger partial charge in [0, 0.05) is 22.4 Å². The molecule has 4 aromatic rings. The first-order chi connectivity index (χ1) is 11.8. The molecule has 0 spiro atoms. The van der Waals surface area contributed by atoms with Gasteiger partial charge in [0.15, 0.2) is 0 Å². The van der Waals surface area contributed by atoms with E-state index in [0.717, 1.165) is 27.5 Å². The van der Waals surface area contributed by atoms with Gasteiger partial charge in [-0.3, -0.25) is 0 Å². The number of hydrogen-bond acceptors (Lipinski definition) is 4. The second kappa shape index (κ2) is 5.76. The van der Waals surface area contributed by atoms with Crippen molar-refractivity contribution in [3.05, 3.63) is 66.2 Å². The molecule has 0 saturated carbocycles. The molecule has 0 unspecified atom stereocenters. The van der Waals surface area contributed by atoms with Crippen LogP contribution in [0.4, 0.5) is 0 Å². The number of hydrogen-bond donors (Lipinski definition) is 1. The van der Waals surface area contributed by atoms with E-state index in [1.807, 2.05) is 42.5 Å². The summed E-state index contributed by atoms with van der Waals surface area (Å²) in [5.74, 6) is 0.497. The van der Waals surface area contributed by atoms with E-state index in [9.17, 15) is 0 Å². The van der Waals surface area contributed by atoms with Crippen molar-refractivity contribution >= 4 is 29.6 Å². The Morgan fingerprint density at radius 1 is 1.00 bits per heavy atom. The van der Waals surface area contributed by atoms with Crippen molar-refractivity contribution in [1.29, 1.82) is 5.26 Å². The highest BCUT2D eigenvalue weighted by molar-refractivity contribution is 6.17. The van der Waals surface area contributed by atoms with E-state index < -0.39 is 0 Å². The fraction of sp³-hybridized carbons (Fsp3) is 0. The topological polar surface area (TPSA) is 66.4 Å². The summed E-state index contributed by atoms with van der Waals surface area (Å²) in [5, 5.41) is 19.8. The Morgan fingerprint density at radius 2 is 1.88 bits per heavy atom. The fourth-order valence-corrected chi connectivity index (χ4v) is 2.90. The van der Waals surface area contributed by atoms with Crippen LogP contribution in [-0.2, 0) is 0 Å². The lowest BCUT2D eigenvalue weighted by Crippen LogP contribution is -1.98. The minimum atomic E-state index is 0.497. The predicted octanol–water partition coefficient (Wildman–Crippen LogP) is 4.03. The van der Waals surface area contributed by atoms with Crippen LogP contribution in [0.5, 0.6) is 5.75 Å². The highest BCUT2D eigenvalue weighted by atomic mass is 16.5. The minimum Gasteiger partial charge on any atom is -0.537 e. The Morgan fingerprint density at radius 3 is 2.71 bits per heavy atom. The summed E-state index contributed by atoms with van der Waals surface area (Å²) in [4.78, 5) is 0. The molecule has 1 aromatic heterocycles. The number of para-hydroxylation sites is 1. The molecule has 0 saturated heterocycles. The maximum absolute atomic E-state index is 9.11. The van der Waals surface area contributed by atoms with E-state index in [2.05, 4.69) is 6.07 Å². The zero-order valence-corrected chi connectivity index (χ0v) is 12.6. The Labute approximate surface area is 138 Å². The van der Waals surface area contributed by atoms with Gasteiger partial charge in [-0.2, -0.15) is 5.26 Å². The van der Waals surface area contributed by atoms with Gasteiger partial charge in [-0.1, -0.05) is 30.3 Å². The first kappa shape index (κ1) is 14.4. The molecule has 113 valence electrons. The first-order valence-corrected chi connectivity index (χ1v) is 7.38. The molecule has 1 N–H and O–H groups in total. The molecule has 0 amide bonds. The standard InChI is InChI=1S/C19H11BNO3/c21-11-12-3-1-4-13(9-12)15-5-2-6-17-16-8-7-14(24-20-22)10-18(16)23-19(15)17/h1-10,22H. The molecular formula is C19H11BNO3. The van der Waals surface area contributed by atoms with Crippen LogP contribution in [0, 0.1) is 11.3 Å². The number of nitriles is 1. The number of fused-ring (bicyclic) bond motifs is 3. The van der Waals surface area contributed by atoms with E-state index in [1.165, 1.54) is 0 Å². The largest absolute Gasteiger partial charge is 0.569 e. The lowest BCUT2D eigenvalue weighted by Gasteiger charge is -2.02. The van der Waals surface area contributed by atoms with Crippen molar-refractivity contribution in [2.75, 3.05) is 0 Å². The maximum Gasteiger partial charge on any atom is 0.569 e. The van der Waals surface area contributed by atoms with E-state index in [0.29, 0.717) is 24.6 Å². The van der Waals surface area contributed by atoms with Crippen LogP contribution in [0.25, 0.3) is 33.1 Å². The van der Waals surface area contributed by atoms with Gasteiger partial charge in [0.25, 0.3) is 0 Å². The quantitative estimate of drug-likeness (QED) is 0.580. The second-order valence-corrected chi connectivity index (χ2v) is 5.36. The second-order valence-electron chi connectivity index (χ2n) is 5.36. The highest BCUT2D eigenvalue weighted by Crippen LogP contribution is 2.37. The first-order valence-electron chi connectivity index (χ1n) is 7.38. The molecule has 1 heterocycles. The minimum absolute atomic E-state index is 0.497. The Bertz CT molecular complexity index is 1090. The molecule has 0 aliphatic rings. The van der Waals surface area contributed by atoms with Gasteiger partial charge in [0.1, 0.15) is 16.9 Å². The van der Waals surface area contributed by atoms with Gasteiger partial charge in [0.05, 0.1) is 11.6 Å². The Balaban J connectivity index is 1.96. The van der Waals surface area contributed by atoms with Crippen LogP contribution in [0.1, 0.15) is 5.56 Å². The highest BCUT2D eigenvalue weighted by Gasteiger charge is 2.13. The van der Waals surface area contributed by atoms with E-state index >= 15 is 0 Å². The summed E-state index contributed by atoms with van der Waals surface area (Å²) in [6.45, 7) is 0. The van der Waals surface area contributed by atoms with Crippen LogP contribution in [-0.4, -0.2) is 12.7 Å². The average Bonchev–Trinajstić information content (AvgIpc) is 3.00.